The Kier molecular flexibility index (Phi) is 3.25. The molecule has 0 unspecified atom stereocenters. The molecule has 62 valence electrons. The molecule has 0 saturated heterocycles. The Morgan fingerprint density at radius 1 is 1.33 bits per heavy atom. The van der Waals surface area contributed by atoms with Crippen LogP contribution in [0.5, 0.6) is 0 Å². The molecule has 0 saturated carbocycles. The molecule has 2 N–H and O–H groups in total. The van der Waals surface area contributed by atoms with Crippen LogP contribution in [0.15, 0.2) is 35.2 Å². The van der Waals surface area contributed by atoms with Crippen molar-refractivity contribution in [1.29, 1.82) is 0 Å². The fourth-order valence-electron chi connectivity index (χ4n) is 0.646. The van der Waals surface area contributed by atoms with E-state index in [1.807, 2.05) is 30.3 Å². The molecule has 1 aromatic rings. The quantitative estimate of drug-likeness (QED) is 0.549. The number of rotatable bonds is 1. The predicted molar refractivity (Wildman–Crippen MR) is 54.1 cm³/mol. The summed E-state index contributed by atoms with van der Waals surface area (Å²) in [5.74, 6) is -0.543. The van der Waals surface area contributed by atoms with Crippen molar-refractivity contribution < 1.29 is 4.79 Å². The van der Waals surface area contributed by atoms with Crippen LogP contribution in [0.25, 0.3) is 0 Å². The first-order valence-electron chi connectivity index (χ1n) is 3.27. The van der Waals surface area contributed by atoms with E-state index < -0.39 is 5.91 Å². The van der Waals surface area contributed by atoms with Gasteiger partial charge in [-0.2, -0.15) is 0 Å². The van der Waals surface area contributed by atoms with Gasteiger partial charge in [-0.1, -0.05) is 42.2 Å². The fourth-order valence-corrected chi connectivity index (χ4v) is 1.54. The minimum Gasteiger partial charge on any atom is -0.364 e. The second-order valence-electron chi connectivity index (χ2n) is 2.07. The maximum absolute atomic E-state index is 10.6. The van der Waals surface area contributed by atoms with Gasteiger partial charge in [-0.15, -0.1) is 0 Å². The van der Waals surface area contributed by atoms with Crippen molar-refractivity contribution in [2.75, 3.05) is 0 Å². The van der Waals surface area contributed by atoms with Crippen LogP contribution in [-0.2, 0) is 4.79 Å². The lowest BCUT2D eigenvalue weighted by Gasteiger charge is -1.97. The molecule has 0 aliphatic heterocycles. The van der Waals surface area contributed by atoms with Gasteiger partial charge >= 0.3 is 0 Å². The summed E-state index contributed by atoms with van der Waals surface area (Å²) in [4.78, 5) is 11.5. The standard InChI is InChI=1S/C8H7NOS2/c9-7(10)8(11)12-6-4-2-1-3-5-6/h1-5H,(H2,9,10). The molecule has 0 aromatic heterocycles. The van der Waals surface area contributed by atoms with Gasteiger partial charge in [0.1, 0.15) is 4.20 Å². The van der Waals surface area contributed by atoms with Gasteiger partial charge in [0.15, 0.2) is 0 Å². The molecule has 4 heteroatoms. The van der Waals surface area contributed by atoms with E-state index in [0.29, 0.717) is 0 Å². The van der Waals surface area contributed by atoms with Crippen molar-refractivity contribution in [3.8, 4) is 0 Å². The zero-order valence-electron chi connectivity index (χ0n) is 6.19. The average molecular weight is 197 g/mol. The number of benzene rings is 1. The van der Waals surface area contributed by atoms with E-state index in [4.69, 9.17) is 18.0 Å². The first kappa shape index (κ1) is 9.22. The Labute approximate surface area is 80.1 Å². The predicted octanol–water partition coefficient (Wildman–Crippen LogP) is 1.59. The number of primary amides is 1. The normalized spacial score (nSPS) is 9.33. The van der Waals surface area contributed by atoms with Gasteiger partial charge < -0.3 is 5.73 Å². The lowest BCUT2D eigenvalue weighted by atomic mass is 10.4. The summed E-state index contributed by atoms with van der Waals surface area (Å²) >= 11 is 5.96. The van der Waals surface area contributed by atoms with Crippen LogP contribution in [0.1, 0.15) is 0 Å². The van der Waals surface area contributed by atoms with Gasteiger partial charge in [0.2, 0.25) is 0 Å². The number of hydrogen-bond donors (Lipinski definition) is 1. The number of carbonyl (C=O) groups is 1. The van der Waals surface area contributed by atoms with Gasteiger partial charge in [0.05, 0.1) is 0 Å². The largest absolute Gasteiger partial charge is 0.364 e. The molecule has 0 aliphatic rings. The van der Waals surface area contributed by atoms with Crippen LogP contribution in [0.2, 0.25) is 0 Å². The highest BCUT2D eigenvalue weighted by Crippen LogP contribution is 2.18. The average Bonchev–Trinajstić information content (AvgIpc) is 2.06. The van der Waals surface area contributed by atoms with Crippen molar-refractivity contribution in [2.45, 2.75) is 4.90 Å². The van der Waals surface area contributed by atoms with Crippen molar-refractivity contribution in [2.24, 2.45) is 5.73 Å². The highest BCUT2D eigenvalue weighted by atomic mass is 32.2. The van der Waals surface area contributed by atoms with Gasteiger partial charge in [0, 0.05) is 4.90 Å². The number of nitrogens with two attached hydrogens (primary N) is 1. The molecule has 12 heavy (non-hydrogen) atoms. The summed E-state index contributed by atoms with van der Waals surface area (Å²) < 4.78 is 0.196. The molecule has 2 nitrogen and oxygen atoms in total. The molecule has 0 spiro atoms. The number of amides is 1. The monoisotopic (exact) mass is 197 g/mol. The third-order valence-corrected chi connectivity index (χ3v) is 2.50. The highest BCUT2D eigenvalue weighted by Gasteiger charge is 2.04. The van der Waals surface area contributed by atoms with E-state index in [0.717, 1.165) is 4.90 Å². The summed E-state index contributed by atoms with van der Waals surface area (Å²) in [7, 11) is 0. The van der Waals surface area contributed by atoms with Crippen LogP contribution in [0, 0.1) is 0 Å². The van der Waals surface area contributed by atoms with E-state index in [-0.39, 0.29) is 4.20 Å². The van der Waals surface area contributed by atoms with Crippen molar-refractivity contribution in [3.05, 3.63) is 30.3 Å². The van der Waals surface area contributed by atoms with Crippen LogP contribution < -0.4 is 5.73 Å². The first-order chi connectivity index (χ1) is 5.70. The van der Waals surface area contributed by atoms with Gasteiger partial charge in [-0.05, 0) is 12.1 Å². The zero-order chi connectivity index (χ0) is 8.97. The Bertz CT molecular complexity index is 297. The Balaban J connectivity index is 2.65. The van der Waals surface area contributed by atoms with E-state index >= 15 is 0 Å². The highest BCUT2D eigenvalue weighted by molar-refractivity contribution is 8.25. The van der Waals surface area contributed by atoms with Crippen molar-refractivity contribution in [1.82, 2.24) is 0 Å². The SMILES string of the molecule is NC(=O)C(=S)Sc1ccccc1. The molecule has 0 atom stereocenters. The minimum atomic E-state index is -0.543. The Morgan fingerprint density at radius 2 is 1.92 bits per heavy atom. The Hall–Kier alpha value is -0.870. The van der Waals surface area contributed by atoms with Gasteiger partial charge in [-0.25, -0.2) is 0 Å². The van der Waals surface area contributed by atoms with Crippen molar-refractivity contribution >= 4 is 34.1 Å². The first-order valence-corrected chi connectivity index (χ1v) is 4.49. The van der Waals surface area contributed by atoms with E-state index in [1.165, 1.54) is 11.8 Å². The lowest BCUT2D eigenvalue weighted by Crippen LogP contribution is -2.17. The Morgan fingerprint density at radius 3 is 2.42 bits per heavy atom. The summed E-state index contributed by atoms with van der Waals surface area (Å²) in [6, 6.07) is 9.41. The molecule has 1 amide bonds. The van der Waals surface area contributed by atoms with Crippen LogP contribution in [0.4, 0.5) is 0 Å². The molecule has 0 aliphatic carbocycles. The molecular formula is C8H7NOS2. The molecule has 0 radical (unpaired) electrons. The molecular weight excluding hydrogens is 190 g/mol. The number of thioether (sulfide) groups is 1. The molecule has 1 rings (SSSR count). The molecule has 0 fully saturated rings. The summed E-state index contributed by atoms with van der Waals surface area (Å²) in [6.07, 6.45) is 0. The third-order valence-electron chi connectivity index (χ3n) is 1.15. The lowest BCUT2D eigenvalue weighted by molar-refractivity contribution is -0.111. The second-order valence-corrected chi connectivity index (χ2v) is 3.82. The number of hydrogen-bond acceptors (Lipinski definition) is 3. The molecule has 0 bridgehead atoms. The molecule has 1 aromatic carbocycles. The zero-order valence-corrected chi connectivity index (χ0v) is 7.82. The summed E-state index contributed by atoms with van der Waals surface area (Å²) in [5.41, 5.74) is 4.98. The van der Waals surface area contributed by atoms with Crippen LogP contribution >= 0.6 is 24.0 Å². The van der Waals surface area contributed by atoms with Gasteiger partial charge in [0.25, 0.3) is 5.91 Å². The number of thiocarbonyl (C=S) groups is 1. The summed E-state index contributed by atoms with van der Waals surface area (Å²) in [5, 5.41) is 0. The topological polar surface area (TPSA) is 43.1 Å². The van der Waals surface area contributed by atoms with Gasteiger partial charge in [-0.3, -0.25) is 4.79 Å². The van der Waals surface area contributed by atoms with E-state index in [9.17, 15) is 4.79 Å². The van der Waals surface area contributed by atoms with E-state index in [2.05, 4.69) is 0 Å². The van der Waals surface area contributed by atoms with E-state index in [1.54, 1.807) is 0 Å². The number of carbonyl (C=O) groups excluding carboxylic acids is 1. The second kappa shape index (κ2) is 4.23. The van der Waals surface area contributed by atoms with Crippen molar-refractivity contribution in [3.63, 3.8) is 0 Å². The molecule has 0 heterocycles. The maximum Gasteiger partial charge on any atom is 0.266 e. The van der Waals surface area contributed by atoms with Crippen LogP contribution in [-0.4, -0.2) is 10.1 Å². The minimum absolute atomic E-state index is 0.196. The smallest absolute Gasteiger partial charge is 0.266 e. The maximum atomic E-state index is 10.6. The van der Waals surface area contributed by atoms with Crippen LogP contribution in [0.3, 0.4) is 0 Å². The third kappa shape index (κ3) is 2.64. The summed E-state index contributed by atoms with van der Waals surface area (Å²) in [6.45, 7) is 0. The fraction of sp³-hybridized carbons (Fsp3) is 0.